The fraction of sp³-hybridized carbons (Fsp3) is 0.310. The molecule has 0 unspecified atom stereocenters. The summed E-state index contributed by atoms with van der Waals surface area (Å²) < 4.78 is 1.85. The van der Waals surface area contributed by atoms with Gasteiger partial charge in [0.15, 0.2) is 0 Å². The number of aromatic nitrogens is 1. The number of para-hydroxylation sites is 1. The number of benzene rings is 2. The zero-order valence-electron chi connectivity index (χ0n) is 20.2. The first-order chi connectivity index (χ1) is 18.0. The van der Waals surface area contributed by atoms with Crippen LogP contribution in [0.2, 0.25) is 0 Å². The maximum absolute atomic E-state index is 13.6. The highest BCUT2D eigenvalue weighted by Crippen LogP contribution is 2.45. The van der Waals surface area contributed by atoms with E-state index >= 15 is 0 Å². The average Bonchev–Trinajstić information content (AvgIpc) is 3.21. The summed E-state index contributed by atoms with van der Waals surface area (Å²) in [5.41, 5.74) is 3.48. The number of anilines is 1. The molecule has 37 heavy (non-hydrogen) atoms. The van der Waals surface area contributed by atoms with Gasteiger partial charge in [-0.15, -0.1) is 0 Å². The molecule has 0 aliphatic carbocycles. The molecular formula is C29H26N4O4. The Hall–Kier alpha value is -4.20. The van der Waals surface area contributed by atoms with Gasteiger partial charge in [0.2, 0.25) is 5.91 Å². The first-order valence-corrected chi connectivity index (χ1v) is 12.8. The van der Waals surface area contributed by atoms with Crippen LogP contribution in [-0.4, -0.2) is 51.7 Å². The largest absolute Gasteiger partial charge is 0.342 e. The summed E-state index contributed by atoms with van der Waals surface area (Å²) in [5, 5.41) is 0. The van der Waals surface area contributed by atoms with Crippen molar-refractivity contribution in [1.82, 2.24) is 14.4 Å². The monoisotopic (exact) mass is 494 g/mol. The first-order valence-electron chi connectivity index (χ1n) is 12.8. The minimum atomic E-state index is -0.557. The number of pyridine rings is 1. The summed E-state index contributed by atoms with van der Waals surface area (Å²) in [4.78, 5) is 58.0. The minimum absolute atomic E-state index is 0.00255. The molecular weight excluding hydrogens is 468 g/mol. The topological polar surface area (TPSA) is 82.9 Å². The molecule has 8 nitrogen and oxygen atoms in total. The lowest BCUT2D eigenvalue weighted by molar-refractivity contribution is -0.134. The molecule has 3 amide bonds. The second kappa shape index (κ2) is 8.16. The third-order valence-corrected chi connectivity index (χ3v) is 8.28. The van der Waals surface area contributed by atoms with Crippen LogP contribution < -0.4 is 10.5 Å². The normalized spacial score (nSPS) is 23.4. The molecule has 3 aromatic rings. The van der Waals surface area contributed by atoms with Crippen LogP contribution in [0.3, 0.4) is 0 Å². The van der Waals surface area contributed by atoms with E-state index in [1.54, 1.807) is 40.1 Å². The quantitative estimate of drug-likeness (QED) is 0.561. The maximum atomic E-state index is 13.6. The second-order valence-electron chi connectivity index (χ2n) is 10.4. The molecule has 4 aliphatic heterocycles. The summed E-state index contributed by atoms with van der Waals surface area (Å²) >= 11 is 0. The number of nitrogens with zero attached hydrogens (tertiary/aromatic N) is 4. The number of hydrogen-bond acceptors (Lipinski definition) is 4. The van der Waals surface area contributed by atoms with Crippen molar-refractivity contribution in [2.24, 2.45) is 5.92 Å². The number of likely N-dealkylation sites (tertiary alicyclic amines) is 1. The molecule has 0 N–H and O–H groups in total. The zero-order valence-corrected chi connectivity index (χ0v) is 20.2. The van der Waals surface area contributed by atoms with Crippen molar-refractivity contribution in [2.75, 3.05) is 24.5 Å². The van der Waals surface area contributed by atoms with Gasteiger partial charge in [0.25, 0.3) is 17.4 Å². The van der Waals surface area contributed by atoms with Crippen LogP contribution in [0.25, 0.3) is 0 Å². The van der Waals surface area contributed by atoms with Gasteiger partial charge in [0, 0.05) is 61.4 Å². The van der Waals surface area contributed by atoms with Gasteiger partial charge in [-0.2, -0.15) is 0 Å². The summed E-state index contributed by atoms with van der Waals surface area (Å²) in [7, 11) is 0. The van der Waals surface area contributed by atoms with E-state index in [9.17, 15) is 19.2 Å². The lowest BCUT2D eigenvalue weighted by Gasteiger charge is -2.43. The van der Waals surface area contributed by atoms with Crippen molar-refractivity contribution < 1.29 is 14.4 Å². The third-order valence-electron chi connectivity index (χ3n) is 8.28. The highest BCUT2D eigenvalue weighted by atomic mass is 16.2. The molecule has 0 radical (unpaired) electrons. The van der Waals surface area contributed by atoms with Crippen LogP contribution in [0, 0.1) is 5.92 Å². The first kappa shape index (κ1) is 22.0. The van der Waals surface area contributed by atoms with E-state index in [0.717, 1.165) is 17.7 Å². The number of piperidine rings is 1. The van der Waals surface area contributed by atoms with Crippen molar-refractivity contribution in [3.8, 4) is 0 Å². The van der Waals surface area contributed by atoms with E-state index in [0.29, 0.717) is 36.4 Å². The minimum Gasteiger partial charge on any atom is -0.342 e. The van der Waals surface area contributed by atoms with E-state index in [-0.39, 0.29) is 48.1 Å². The van der Waals surface area contributed by atoms with E-state index < -0.39 is 6.17 Å². The molecule has 1 aromatic heterocycles. The van der Waals surface area contributed by atoms with Gasteiger partial charge in [-0.05, 0) is 36.6 Å². The Morgan fingerprint density at radius 1 is 0.811 bits per heavy atom. The van der Waals surface area contributed by atoms with Crippen LogP contribution in [0.5, 0.6) is 0 Å². The fourth-order valence-corrected chi connectivity index (χ4v) is 6.67. The van der Waals surface area contributed by atoms with Crippen molar-refractivity contribution in [1.29, 1.82) is 0 Å². The predicted molar refractivity (Wildman–Crippen MR) is 136 cm³/mol. The van der Waals surface area contributed by atoms with Crippen molar-refractivity contribution in [3.63, 3.8) is 0 Å². The summed E-state index contributed by atoms with van der Waals surface area (Å²) in [6.45, 7) is 2.04. The Kier molecular flexibility index (Phi) is 4.86. The lowest BCUT2D eigenvalue weighted by atomic mass is 9.83. The Bertz CT molecular complexity index is 1530. The molecule has 1 saturated heterocycles. The maximum Gasteiger partial charge on any atom is 0.260 e. The van der Waals surface area contributed by atoms with Crippen LogP contribution >= 0.6 is 0 Å². The van der Waals surface area contributed by atoms with Crippen molar-refractivity contribution in [3.05, 3.63) is 99.5 Å². The number of amides is 3. The van der Waals surface area contributed by atoms with E-state index in [4.69, 9.17) is 0 Å². The molecule has 0 spiro atoms. The molecule has 8 heteroatoms. The highest BCUT2D eigenvalue weighted by molar-refractivity contribution is 6.16. The molecule has 3 atom stereocenters. The standard InChI is InChI=1S/C29H26N4O4/c34-25(30-15-18-14-19(17-30)23-10-5-11-26(35)32(23)16-18)12-13-31-27-20-6-1-2-7-21(20)29(37)33(27)24-9-4-3-8-22(24)28(31)36/h1-11,18-19,27H,12-17H2/t18-,19+,27+/m0/s1. The number of hydrogen-bond donors (Lipinski definition) is 0. The number of carbonyl (C=O) groups is 3. The van der Waals surface area contributed by atoms with Gasteiger partial charge in [-0.1, -0.05) is 36.4 Å². The molecule has 0 saturated carbocycles. The van der Waals surface area contributed by atoms with E-state index in [2.05, 4.69) is 0 Å². The van der Waals surface area contributed by atoms with Crippen LogP contribution in [0.4, 0.5) is 5.69 Å². The van der Waals surface area contributed by atoms with E-state index in [1.807, 2.05) is 45.9 Å². The molecule has 4 aliphatic rings. The van der Waals surface area contributed by atoms with Crippen LogP contribution in [0.1, 0.15) is 56.9 Å². The van der Waals surface area contributed by atoms with Gasteiger partial charge >= 0.3 is 0 Å². The second-order valence-corrected chi connectivity index (χ2v) is 10.4. The fourth-order valence-electron chi connectivity index (χ4n) is 6.67. The molecule has 2 bridgehead atoms. The van der Waals surface area contributed by atoms with Gasteiger partial charge in [-0.25, -0.2) is 0 Å². The Balaban J connectivity index is 1.15. The molecule has 7 rings (SSSR count). The third kappa shape index (κ3) is 3.28. The summed E-state index contributed by atoms with van der Waals surface area (Å²) in [5.74, 6) is 0.0853. The van der Waals surface area contributed by atoms with Gasteiger partial charge in [0.05, 0.1) is 11.3 Å². The van der Waals surface area contributed by atoms with Crippen molar-refractivity contribution in [2.45, 2.75) is 31.5 Å². The lowest BCUT2D eigenvalue weighted by Crippen LogP contribution is -2.51. The van der Waals surface area contributed by atoms with Crippen LogP contribution in [-0.2, 0) is 11.3 Å². The smallest absolute Gasteiger partial charge is 0.260 e. The highest BCUT2D eigenvalue weighted by Gasteiger charge is 2.47. The Morgan fingerprint density at radius 3 is 2.46 bits per heavy atom. The Morgan fingerprint density at radius 2 is 1.59 bits per heavy atom. The van der Waals surface area contributed by atoms with Gasteiger partial charge < -0.3 is 14.4 Å². The molecule has 2 aromatic carbocycles. The Labute approximate surface area is 213 Å². The van der Waals surface area contributed by atoms with Crippen LogP contribution in [0.15, 0.2) is 71.5 Å². The number of rotatable bonds is 3. The summed E-state index contributed by atoms with van der Waals surface area (Å²) in [6, 6.07) is 19.9. The zero-order chi connectivity index (χ0) is 25.3. The van der Waals surface area contributed by atoms with Gasteiger partial charge in [0.1, 0.15) is 6.17 Å². The van der Waals surface area contributed by atoms with E-state index in [1.165, 1.54) is 0 Å². The SMILES string of the molecule is O=C(CCN1C(=O)c2ccccc2N2C(=O)c3ccccc3[C@H]12)N1C[C@@H]2C[C@H](C1)c1cccc(=O)n1C2. The predicted octanol–water partition coefficient (Wildman–Crippen LogP) is 3.00. The van der Waals surface area contributed by atoms with Crippen molar-refractivity contribution >= 4 is 23.4 Å². The average molecular weight is 495 g/mol. The molecule has 186 valence electrons. The number of fused-ring (bicyclic) bond motifs is 9. The van der Waals surface area contributed by atoms with Gasteiger partial charge in [-0.3, -0.25) is 24.1 Å². The molecule has 1 fully saturated rings. The summed E-state index contributed by atoms with van der Waals surface area (Å²) in [6.07, 6.45) is 0.596. The number of carbonyl (C=O) groups excluding carboxylic acids is 3. The molecule has 5 heterocycles.